The van der Waals surface area contributed by atoms with Gasteiger partial charge in [-0.2, -0.15) is 9.97 Å². The maximum absolute atomic E-state index is 12.8. The number of aromatic nitrogens is 2. The molecule has 1 aromatic carbocycles. The Morgan fingerprint density at radius 3 is 2.38 bits per heavy atom. The Balaban J connectivity index is 1.58. The molecule has 0 radical (unpaired) electrons. The molecule has 7 nitrogen and oxygen atoms in total. The second kappa shape index (κ2) is 8.35. The second-order valence-corrected chi connectivity index (χ2v) is 6.71. The van der Waals surface area contributed by atoms with Gasteiger partial charge < -0.3 is 19.1 Å². The number of rotatable bonds is 5. The van der Waals surface area contributed by atoms with Crippen LogP contribution in [-0.4, -0.2) is 54.2 Å². The highest BCUT2D eigenvalue weighted by atomic mass is 79.9. The molecule has 0 atom stereocenters. The van der Waals surface area contributed by atoms with Crippen molar-refractivity contribution < 1.29 is 19.0 Å². The molecule has 0 saturated carbocycles. The Labute approximate surface area is 160 Å². The molecule has 2 aromatic rings. The predicted molar refractivity (Wildman–Crippen MR) is 98.8 cm³/mol. The summed E-state index contributed by atoms with van der Waals surface area (Å²) in [6, 6.07) is 5.71. The van der Waals surface area contributed by atoms with Crippen molar-refractivity contribution in [1.29, 1.82) is 0 Å². The van der Waals surface area contributed by atoms with E-state index in [1.165, 1.54) is 0 Å². The molecule has 138 valence electrons. The zero-order valence-electron chi connectivity index (χ0n) is 14.6. The number of amides is 1. The van der Waals surface area contributed by atoms with Crippen LogP contribution in [0.2, 0.25) is 0 Å². The Kier molecular flexibility index (Phi) is 5.92. The van der Waals surface area contributed by atoms with Gasteiger partial charge in [0.15, 0.2) is 5.75 Å². The highest BCUT2D eigenvalue weighted by Gasteiger charge is 2.26. The van der Waals surface area contributed by atoms with E-state index in [4.69, 9.17) is 14.2 Å². The molecule has 0 unspecified atom stereocenters. The number of piperidine rings is 1. The van der Waals surface area contributed by atoms with Crippen molar-refractivity contribution in [3.05, 3.63) is 40.6 Å². The van der Waals surface area contributed by atoms with Crippen LogP contribution in [0.5, 0.6) is 17.5 Å². The molecule has 0 aliphatic carbocycles. The first-order valence-electron chi connectivity index (χ1n) is 8.26. The fraction of sp³-hybridized carbons (Fsp3) is 0.389. The third kappa shape index (κ3) is 4.24. The minimum absolute atomic E-state index is 0.0128. The quantitative estimate of drug-likeness (QED) is 0.738. The van der Waals surface area contributed by atoms with Gasteiger partial charge in [0.1, 0.15) is 11.9 Å². The summed E-state index contributed by atoms with van der Waals surface area (Å²) < 4.78 is 16.8. The summed E-state index contributed by atoms with van der Waals surface area (Å²) in [5.74, 6) is 1.22. The molecule has 1 aliphatic heterocycles. The SMILES string of the molecule is COc1cnc(OC2CCN(C(=O)c3cc(OC)ccc3Br)CC2)nc1. The monoisotopic (exact) mass is 421 g/mol. The molecular formula is C18H20BrN3O4. The first-order valence-corrected chi connectivity index (χ1v) is 9.05. The molecule has 0 bridgehead atoms. The number of carbonyl (C=O) groups excluding carboxylic acids is 1. The van der Waals surface area contributed by atoms with Crippen molar-refractivity contribution in [2.45, 2.75) is 18.9 Å². The van der Waals surface area contributed by atoms with Crippen LogP contribution >= 0.6 is 15.9 Å². The average molecular weight is 422 g/mol. The molecule has 1 fully saturated rings. The summed E-state index contributed by atoms with van der Waals surface area (Å²) in [6.07, 6.45) is 4.58. The largest absolute Gasteiger partial charge is 0.497 e. The van der Waals surface area contributed by atoms with E-state index >= 15 is 0 Å². The van der Waals surface area contributed by atoms with E-state index in [1.807, 2.05) is 17.0 Å². The minimum Gasteiger partial charge on any atom is -0.497 e. The van der Waals surface area contributed by atoms with Crippen LogP contribution < -0.4 is 14.2 Å². The summed E-state index contributed by atoms with van der Waals surface area (Å²) in [6.45, 7) is 1.23. The van der Waals surface area contributed by atoms with Gasteiger partial charge in [-0.3, -0.25) is 4.79 Å². The standard InChI is InChI=1S/C18H20BrN3O4/c1-24-13-3-4-16(19)15(9-13)17(23)22-7-5-12(6-8-22)26-18-20-10-14(25-2)11-21-18/h3-4,9-12H,5-8H2,1-2H3. The van der Waals surface area contributed by atoms with Crippen LogP contribution in [0.25, 0.3) is 0 Å². The Hall–Kier alpha value is -2.35. The van der Waals surface area contributed by atoms with E-state index in [-0.39, 0.29) is 12.0 Å². The molecule has 0 N–H and O–H groups in total. The van der Waals surface area contributed by atoms with Crippen LogP contribution in [0.15, 0.2) is 35.1 Å². The second-order valence-electron chi connectivity index (χ2n) is 5.86. The molecule has 1 aromatic heterocycles. The number of likely N-dealkylation sites (tertiary alicyclic amines) is 1. The third-order valence-corrected chi connectivity index (χ3v) is 4.94. The topological polar surface area (TPSA) is 73.8 Å². The van der Waals surface area contributed by atoms with Crippen molar-refractivity contribution in [1.82, 2.24) is 14.9 Å². The van der Waals surface area contributed by atoms with Crippen molar-refractivity contribution >= 4 is 21.8 Å². The predicted octanol–water partition coefficient (Wildman–Crippen LogP) is 2.94. The fourth-order valence-corrected chi connectivity index (χ4v) is 3.18. The van der Waals surface area contributed by atoms with Crippen LogP contribution in [-0.2, 0) is 0 Å². The summed E-state index contributed by atoms with van der Waals surface area (Å²) >= 11 is 3.44. The van der Waals surface area contributed by atoms with E-state index in [2.05, 4.69) is 25.9 Å². The summed E-state index contributed by atoms with van der Waals surface area (Å²) in [5, 5.41) is 0. The molecular weight excluding hydrogens is 402 g/mol. The number of carbonyl (C=O) groups is 1. The van der Waals surface area contributed by atoms with Crippen LogP contribution in [0.4, 0.5) is 0 Å². The molecule has 8 heteroatoms. The highest BCUT2D eigenvalue weighted by molar-refractivity contribution is 9.10. The van der Waals surface area contributed by atoms with Gasteiger partial charge in [0.05, 0.1) is 32.2 Å². The van der Waals surface area contributed by atoms with Crippen LogP contribution in [0.1, 0.15) is 23.2 Å². The van der Waals surface area contributed by atoms with Crippen LogP contribution in [0.3, 0.4) is 0 Å². The molecule has 3 rings (SSSR count). The van der Waals surface area contributed by atoms with Gasteiger partial charge >= 0.3 is 6.01 Å². The third-order valence-electron chi connectivity index (χ3n) is 4.25. The lowest BCUT2D eigenvalue weighted by atomic mass is 10.1. The van der Waals surface area contributed by atoms with Crippen molar-refractivity contribution in [3.8, 4) is 17.5 Å². The van der Waals surface area contributed by atoms with Gasteiger partial charge in [0, 0.05) is 30.4 Å². The zero-order valence-corrected chi connectivity index (χ0v) is 16.2. The normalized spacial score (nSPS) is 14.8. The maximum Gasteiger partial charge on any atom is 0.316 e. The van der Waals surface area contributed by atoms with Crippen molar-refractivity contribution in [2.75, 3.05) is 27.3 Å². The fourth-order valence-electron chi connectivity index (χ4n) is 2.76. The van der Waals surface area contributed by atoms with Gasteiger partial charge in [0.2, 0.25) is 0 Å². The zero-order chi connectivity index (χ0) is 18.5. The van der Waals surface area contributed by atoms with E-state index < -0.39 is 0 Å². The average Bonchev–Trinajstić information content (AvgIpc) is 2.69. The highest BCUT2D eigenvalue weighted by Crippen LogP contribution is 2.25. The number of benzene rings is 1. The molecule has 1 saturated heterocycles. The Morgan fingerprint density at radius 2 is 1.77 bits per heavy atom. The maximum atomic E-state index is 12.8. The molecule has 1 aliphatic rings. The van der Waals surface area contributed by atoms with Gasteiger partial charge in [0.25, 0.3) is 5.91 Å². The first-order chi connectivity index (χ1) is 12.6. The number of halogens is 1. The lowest BCUT2D eigenvalue weighted by molar-refractivity contribution is 0.0577. The van der Waals surface area contributed by atoms with Gasteiger partial charge in [-0.25, -0.2) is 0 Å². The minimum atomic E-state index is -0.0186. The smallest absolute Gasteiger partial charge is 0.316 e. The number of methoxy groups -OCH3 is 2. The number of hydrogen-bond acceptors (Lipinski definition) is 6. The molecule has 0 spiro atoms. The summed E-state index contributed by atoms with van der Waals surface area (Å²) in [5.41, 5.74) is 0.599. The van der Waals surface area contributed by atoms with Crippen LogP contribution in [0, 0.1) is 0 Å². The van der Waals surface area contributed by atoms with Gasteiger partial charge in [-0.05, 0) is 34.1 Å². The lowest BCUT2D eigenvalue weighted by Gasteiger charge is -2.32. The summed E-state index contributed by atoms with van der Waals surface area (Å²) in [7, 11) is 3.15. The van der Waals surface area contributed by atoms with E-state index in [1.54, 1.807) is 32.7 Å². The lowest BCUT2D eigenvalue weighted by Crippen LogP contribution is -2.42. The van der Waals surface area contributed by atoms with Crippen molar-refractivity contribution in [3.63, 3.8) is 0 Å². The molecule has 26 heavy (non-hydrogen) atoms. The number of hydrogen-bond donors (Lipinski definition) is 0. The Bertz CT molecular complexity index is 762. The van der Waals surface area contributed by atoms with Gasteiger partial charge in [-0.15, -0.1) is 0 Å². The van der Waals surface area contributed by atoms with Gasteiger partial charge in [-0.1, -0.05) is 0 Å². The van der Waals surface area contributed by atoms with Crippen molar-refractivity contribution in [2.24, 2.45) is 0 Å². The first kappa shape index (κ1) is 18.4. The number of nitrogens with zero attached hydrogens (tertiary/aromatic N) is 3. The molecule has 1 amide bonds. The number of ether oxygens (including phenoxy) is 3. The molecule has 2 heterocycles. The van der Waals surface area contributed by atoms with E-state index in [0.717, 1.165) is 17.3 Å². The van der Waals surface area contributed by atoms with E-state index in [9.17, 15) is 4.79 Å². The Morgan fingerprint density at radius 1 is 1.12 bits per heavy atom. The summed E-state index contributed by atoms with van der Waals surface area (Å²) in [4.78, 5) is 22.8. The van der Waals surface area contributed by atoms with E-state index in [0.29, 0.717) is 36.2 Å².